The first-order chi connectivity index (χ1) is 18.8. The molecule has 8 bridgehead atoms. The van der Waals surface area contributed by atoms with Crippen molar-refractivity contribution < 1.29 is 17.9 Å². The number of aromatic nitrogens is 2. The van der Waals surface area contributed by atoms with Crippen LogP contribution in [0, 0.1) is 5.92 Å². The number of nitrogens with zero attached hydrogens (tertiary/aromatic N) is 4. The van der Waals surface area contributed by atoms with Crippen molar-refractivity contribution >= 4 is 38.2 Å². The van der Waals surface area contributed by atoms with Crippen LogP contribution in [0.3, 0.4) is 0 Å². The smallest absolute Gasteiger partial charge is 0.262 e. The first kappa shape index (κ1) is 25.1. The lowest BCUT2D eigenvalue weighted by atomic mass is 9.95. The van der Waals surface area contributed by atoms with Crippen molar-refractivity contribution in [3.63, 3.8) is 0 Å². The molecule has 1 amide bonds. The molecular formula is C29H29N5O4S. The Labute approximate surface area is 227 Å². The molecule has 0 unspecified atom stereocenters. The van der Waals surface area contributed by atoms with Crippen LogP contribution in [-0.2, 0) is 10.0 Å². The Morgan fingerprint density at radius 1 is 0.974 bits per heavy atom. The van der Waals surface area contributed by atoms with Crippen LogP contribution in [0.25, 0.3) is 22.0 Å². The van der Waals surface area contributed by atoms with Crippen LogP contribution in [0.4, 0.5) is 11.4 Å². The Bertz CT molecular complexity index is 1680. The highest BCUT2D eigenvalue weighted by molar-refractivity contribution is 7.92. The van der Waals surface area contributed by atoms with Gasteiger partial charge in [0.2, 0.25) is 5.88 Å². The summed E-state index contributed by atoms with van der Waals surface area (Å²) < 4.78 is 34.9. The van der Waals surface area contributed by atoms with Crippen LogP contribution in [-0.4, -0.2) is 63.0 Å². The fourth-order valence-corrected chi connectivity index (χ4v) is 6.57. The molecule has 0 spiro atoms. The predicted octanol–water partition coefficient (Wildman–Crippen LogP) is 4.41. The number of sulfonamides is 1. The van der Waals surface area contributed by atoms with Gasteiger partial charge in [-0.2, -0.15) is 0 Å². The normalized spacial score (nSPS) is 17.4. The standard InChI is InChI=1S/C29H29N5O4S/c1-33-18-19-9-12-34(13-10-19)27-8-11-30-25-7-6-20(15-24(25)27)22-16-26(28(38-2)31-17-22)32-39(36,37)23-5-3-4-21(14-23)29(33)35/h3-8,11,14-17,19,32H,9-10,12-13,18H2,1-2H3. The van der Waals surface area contributed by atoms with Gasteiger partial charge in [0.05, 0.1) is 17.5 Å². The number of hydrogen-bond acceptors (Lipinski definition) is 7. The Morgan fingerprint density at radius 3 is 2.59 bits per heavy atom. The van der Waals surface area contributed by atoms with Gasteiger partial charge in [0, 0.05) is 61.3 Å². The minimum atomic E-state index is -4.04. The van der Waals surface area contributed by atoms with E-state index in [1.54, 1.807) is 36.3 Å². The SMILES string of the molecule is COc1ncc2cc1NS(=O)(=O)c1cccc(c1)C(=O)N(C)CC1CCN(CC1)c1ccnc3ccc-2cc13. The number of fused-ring (bicyclic) bond motifs is 5. The maximum atomic E-state index is 13.4. The number of ether oxygens (including phenoxy) is 1. The molecule has 0 saturated carbocycles. The van der Waals surface area contributed by atoms with E-state index in [1.165, 1.54) is 19.2 Å². The van der Waals surface area contributed by atoms with E-state index in [4.69, 9.17) is 4.74 Å². The largest absolute Gasteiger partial charge is 0.480 e. The molecule has 2 aromatic heterocycles. The van der Waals surface area contributed by atoms with Crippen LogP contribution in [0.15, 0.2) is 71.9 Å². The second-order valence-electron chi connectivity index (χ2n) is 10.1. The molecule has 2 aromatic carbocycles. The van der Waals surface area contributed by atoms with Gasteiger partial charge in [-0.05, 0) is 66.8 Å². The van der Waals surface area contributed by atoms with Gasteiger partial charge < -0.3 is 14.5 Å². The number of pyridine rings is 2. The van der Waals surface area contributed by atoms with E-state index in [2.05, 4.69) is 25.7 Å². The lowest BCUT2D eigenvalue weighted by Gasteiger charge is -2.35. The molecule has 1 saturated heterocycles. The molecule has 7 rings (SSSR count). The molecule has 1 fully saturated rings. The Morgan fingerprint density at radius 2 is 1.79 bits per heavy atom. The third-order valence-corrected chi connectivity index (χ3v) is 8.93. The summed E-state index contributed by atoms with van der Waals surface area (Å²) in [6, 6.07) is 15.9. The van der Waals surface area contributed by atoms with Gasteiger partial charge in [-0.3, -0.25) is 14.5 Å². The zero-order valence-corrected chi connectivity index (χ0v) is 22.6. The summed E-state index contributed by atoms with van der Waals surface area (Å²) in [5.74, 6) is 0.293. The van der Waals surface area contributed by atoms with Gasteiger partial charge in [0.25, 0.3) is 15.9 Å². The average molecular weight is 544 g/mol. The van der Waals surface area contributed by atoms with E-state index in [-0.39, 0.29) is 22.4 Å². The number of rotatable bonds is 1. The average Bonchev–Trinajstić information content (AvgIpc) is 2.96. The van der Waals surface area contributed by atoms with E-state index >= 15 is 0 Å². The fourth-order valence-electron chi connectivity index (χ4n) is 5.48. The third-order valence-electron chi connectivity index (χ3n) is 7.57. The molecule has 0 radical (unpaired) electrons. The molecule has 10 heteroatoms. The molecule has 9 nitrogen and oxygen atoms in total. The minimum absolute atomic E-state index is 0.0122. The van der Waals surface area contributed by atoms with Gasteiger partial charge in [-0.1, -0.05) is 12.1 Å². The summed E-state index contributed by atoms with van der Waals surface area (Å²) in [5, 5.41) is 1.02. The molecule has 3 aliphatic rings. The Hall–Kier alpha value is -4.18. The molecule has 5 heterocycles. The number of nitrogens with one attached hydrogen (secondary N) is 1. The highest BCUT2D eigenvalue weighted by Gasteiger charge is 2.25. The van der Waals surface area contributed by atoms with Crippen molar-refractivity contribution in [2.75, 3.05) is 43.4 Å². The van der Waals surface area contributed by atoms with Crippen molar-refractivity contribution in [2.24, 2.45) is 5.92 Å². The van der Waals surface area contributed by atoms with Crippen molar-refractivity contribution in [1.82, 2.24) is 14.9 Å². The van der Waals surface area contributed by atoms with E-state index in [0.717, 1.165) is 53.6 Å². The molecule has 0 atom stereocenters. The molecule has 0 aliphatic carbocycles. The lowest BCUT2D eigenvalue weighted by Crippen LogP contribution is -2.39. The van der Waals surface area contributed by atoms with Gasteiger partial charge in [0.15, 0.2) is 0 Å². The first-order valence-electron chi connectivity index (χ1n) is 12.9. The van der Waals surface area contributed by atoms with E-state index in [1.807, 2.05) is 24.4 Å². The molecular weight excluding hydrogens is 514 g/mol. The van der Waals surface area contributed by atoms with Crippen LogP contribution in [0.2, 0.25) is 0 Å². The molecule has 200 valence electrons. The Balaban J connectivity index is 1.51. The maximum absolute atomic E-state index is 13.4. The second kappa shape index (κ2) is 9.85. The van der Waals surface area contributed by atoms with Crippen molar-refractivity contribution in [3.8, 4) is 17.0 Å². The summed E-state index contributed by atoms with van der Waals surface area (Å²) in [7, 11) is -0.829. The maximum Gasteiger partial charge on any atom is 0.262 e. The van der Waals surface area contributed by atoms with Gasteiger partial charge in [-0.25, -0.2) is 13.4 Å². The van der Waals surface area contributed by atoms with Gasteiger partial charge >= 0.3 is 0 Å². The topological polar surface area (TPSA) is 105 Å². The summed E-state index contributed by atoms with van der Waals surface area (Å²) in [4.78, 5) is 26.3. The second-order valence-corrected chi connectivity index (χ2v) is 11.8. The molecule has 1 N–H and O–H groups in total. The van der Waals surface area contributed by atoms with E-state index in [0.29, 0.717) is 18.0 Å². The molecule has 3 aliphatic heterocycles. The highest BCUT2D eigenvalue weighted by Crippen LogP contribution is 2.35. The zero-order chi connectivity index (χ0) is 27.1. The number of carbonyl (C=O) groups is 1. The fraction of sp³-hybridized carbons (Fsp3) is 0.276. The summed E-state index contributed by atoms with van der Waals surface area (Å²) in [6.45, 7) is 2.36. The number of carbonyl (C=O) groups excluding carboxylic acids is 1. The number of amides is 1. The lowest BCUT2D eigenvalue weighted by molar-refractivity contribution is 0.0764. The van der Waals surface area contributed by atoms with Crippen LogP contribution >= 0.6 is 0 Å². The van der Waals surface area contributed by atoms with E-state index < -0.39 is 10.0 Å². The Kier molecular flexibility index (Phi) is 6.34. The molecule has 4 aromatic rings. The minimum Gasteiger partial charge on any atom is -0.480 e. The first-order valence-corrected chi connectivity index (χ1v) is 14.4. The van der Waals surface area contributed by atoms with Crippen molar-refractivity contribution in [1.29, 1.82) is 0 Å². The monoisotopic (exact) mass is 543 g/mol. The predicted molar refractivity (Wildman–Crippen MR) is 151 cm³/mol. The number of benzene rings is 2. The summed E-state index contributed by atoms with van der Waals surface area (Å²) in [6.07, 6.45) is 5.40. The van der Waals surface area contributed by atoms with Crippen LogP contribution < -0.4 is 14.4 Å². The zero-order valence-electron chi connectivity index (χ0n) is 21.8. The van der Waals surface area contributed by atoms with Gasteiger partial charge in [-0.15, -0.1) is 0 Å². The van der Waals surface area contributed by atoms with Crippen molar-refractivity contribution in [2.45, 2.75) is 17.7 Å². The van der Waals surface area contributed by atoms with Crippen LogP contribution in [0.5, 0.6) is 5.88 Å². The number of methoxy groups -OCH3 is 1. The van der Waals surface area contributed by atoms with Crippen molar-refractivity contribution in [3.05, 3.63) is 72.6 Å². The summed E-state index contributed by atoms with van der Waals surface area (Å²) >= 11 is 0. The van der Waals surface area contributed by atoms with E-state index in [9.17, 15) is 13.2 Å². The number of piperidine rings is 1. The number of hydrogen-bond donors (Lipinski definition) is 1. The van der Waals surface area contributed by atoms with Gasteiger partial charge in [0.1, 0.15) is 5.69 Å². The quantitative estimate of drug-likeness (QED) is 0.379. The third kappa shape index (κ3) is 4.76. The highest BCUT2D eigenvalue weighted by atomic mass is 32.2. The number of anilines is 2. The summed E-state index contributed by atoms with van der Waals surface area (Å²) in [5.41, 5.74) is 4.14. The van der Waals surface area contributed by atoms with Crippen LogP contribution in [0.1, 0.15) is 23.2 Å². The molecule has 39 heavy (non-hydrogen) atoms.